The number of para-hydroxylation sites is 1. The van der Waals surface area contributed by atoms with Crippen molar-refractivity contribution in [1.82, 2.24) is 10.3 Å². The Balaban J connectivity index is 1.99. The number of rotatable bonds is 6. The van der Waals surface area contributed by atoms with E-state index in [1.165, 1.54) is 0 Å². The lowest BCUT2D eigenvalue weighted by Crippen LogP contribution is -2.42. The highest BCUT2D eigenvalue weighted by molar-refractivity contribution is 7.22. The molecule has 0 fully saturated rings. The van der Waals surface area contributed by atoms with Crippen molar-refractivity contribution in [3.05, 3.63) is 24.3 Å². The molecule has 0 radical (unpaired) electrons. The number of aromatic nitrogens is 1. The zero-order valence-electron chi connectivity index (χ0n) is 12.1. The highest BCUT2D eigenvalue weighted by Crippen LogP contribution is 2.25. The molecule has 2 aromatic rings. The maximum Gasteiger partial charge on any atom is 0.242 e. The fourth-order valence-electron chi connectivity index (χ4n) is 2.00. The Labute approximate surface area is 123 Å². The minimum atomic E-state index is -0.281. The summed E-state index contributed by atoms with van der Waals surface area (Å²) in [6.45, 7) is 6.03. The molecule has 2 rings (SSSR count). The quantitative estimate of drug-likeness (QED) is 0.857. The number of carbonyl (C=O) groups is 1. The number of anilines is 1. The number of carbonyl (C=O) groups excluding carboxylic acids is 1. The van der Waals surface area contributed by atoms with Gasteiger partial charge in [-0.1, -0.05) is 37.3 Å². The van der Waals surface area contributed by atoms with Crippen molar-refractivity contribution in [3.63, 3.8) is 0 Å². The van der Waals surface area contributed by atoms with Gasteiger partial charge in [0.05, 0.1) is 10.2 Å². The molecule has 0 unspecified atom stereocenters. The maximum atomic E-state index is 12.1. The molecule has 1 amide bonds. The molecule has 0 saturated carbocycles. The number of hydrogen-bond donors (Lipinski definition) is 2. The number of nitrogens with zero attached hydrogens (tertiary/aromatic N) is 1. The molecule has 108 valence electrons. The van der Waals surface area contributed by atoms with Gasteiger partial charge in [-0.3, -0.25) is 4.79 Å². The molecule has 1 aromatic heterocycles. The third kappa shape index (κ3) is 3.48. The first kappa shape index (κ1) is 14.8. The zero-order chi connectivity index (χ0) is 14.5. The van der Waals surface area contributed by atoms with Gasteiger partial charge in [0.2, 0.25) is 5.91 Å². The van der Waals surface area contributed by atoms with Gasteiger partial charge in [0.25, 0.3) is 0 Å². The number of thiazole rings is 1. The van der Waals surface area contributed by atoms with Crippen LogP contribution in [0.2, 0.25) is 0 Å². The molecular weight excluding hydrogens is 270 g/mol. The van der Waals surface area contributed by atoms with Crippen molar-refractivity contribution in [2.45, 2.75) is 45.7 Å². The van der Waals surface area contributed by atoms with E-state index < -0.39 is 0 Å². The van der Waals surface area contributed by atoms with Crippen molar-refractivity contribution in [2.24, 2.45) is 0 Å². The summed E-state index contributed by atoms with van der Waals surface area (Å²) >= 11 is 1.57. The van der Waals surface area contributed by atoms with Crippen LogP contribution in [-0.2, 0) is 4.79 Å². The average molecular weight is 291 g/mol. The molecule has 4 nitrogen and oxygen atoms in total. The molecule has 5 heteroatoms. The first-order valence-electron chi connectivity index (χ1n) is 7.06. The lowest BCUT2D eigenvalue weighted by molar-refractivity contribution is -0.122. The number of nitrogens with one attached hydrogen (secondary N) is 2. The highest BCUT2D eigenvalue weighted by atomic mass is 32.1. The van der Waals surface area contributed by atoms with Crippen LogP contribution in [0, 0.1) is 0 Å². The van der Waals surface area contributed by atoms with E-state index in [1.807, 2.05) is 31.2 Å². The van der Waals surface area contributed by atoms with Gasteiger partial charge in [0.15, 0.2) is 5.13 Å². The Morgan fingerprint density at radius 1 is 1.30 bits per heavy atom. The molecule has 2 N–H and O–H groups in total. The first-order chi connectivity index (χ1) is 9.63. The molecule has 1 atom stereocenters. The van der Waals surface area contributed by atoms with Crippen molar-refractivity contribution in [2.75, 3.05) is 5.32 Å². The second-order valence-electron chi connectivity index (χ2n) is 4.87. The van der Waals surface area contributed by atoms with Crippen LogP contribution in [0.15, 0.2) is 24.3 Å². The SMILES string of the molecule is CCC(CC)NC(=O)[C@H](C)Nc1nc2ccccc2s1. The van der Waals surface area contributed by atoms with E-state index in [-0.39, 0.29) is 18.0 Å². The Bertz CT molecular complexity index is 544. The molecule has 0 aliphatic heterocycles. The van der Waals surface area contributed by atoms with E-state index in [1.54, 1.807) is 11.3 Å². The van der Waals surface area contributed by atoms with Crippen molar-refractivity contribution < 1.29 is 4.79 Å². The van der Waals surface area contributed by atoms with E-state index in [2.05, 4.69) is 29.5 Å². The summed E-state index contributed by atoms with van der Waals surface area (Å²) in [5, 5.41) is 7.02. The summed E-state index contributed by atoms with van der Waals surface area (Å²) < 4.78 is 1.13. The van der Waals surface area contributed by atoms with Gasteiger partial charge in [-0.25, -0.2) is 4.98 Å². The highest BCUT2D eigenvalue weighted by Gasteiger charge is 2.16. The Hall–Kier alpha value is -1.62. The van der Waals surface area contributed by atoms with Gasteiger partial charge in [0, 0.05) is 6.04 Å². The smallest absolute Gasteiger partial charge is 0.242 e. The van der Waals surface area contributed by atoms with Crippen molar-refractivity contribution in [3.8, 4) is 0 Å². The molecule has 1 heterocycles. The topological polar surface area (TPSA) is 54.0 Å². The van der Waals surface area contributed by atoms with Crippen LogP contribution in [0.4, 0.5) is 5.13 Å². The third-order valence-electron chi connectivity index (χ3n) is 3.36. The zero-order valence-corrected chi connectivity index (χ0v) is 13.0. The second kappa shape index (κ2) is 6.70. The van der Waals surface area contributed by atoms with E-state index in [0.717, 1.165) is 28.2 Å². The molecule has 0 aliphatic carbocycles. The van der Waals surface area contributed by atoms with Crippen LogP contribution in [0.25, 0.3) is 10.2 Å². The number of fused-ring (bicyclic) bond motifs is 1. The number of hydrogen-bond acceptors (Lipinski definition) is 4. The molecule has 0 spiro atoms. The molecule has 20 heavy (non-hydrogen) atoms. The van der Waals surface area contributed by atoms with Gasteiger partial charge in [-0.15, -0.1) is 0 Å². The molecule has 1 aromatic carbocycles. The second-order valence-corrected chi connectivity index (χ2v) is 5.91. The van der Waals surface area contributed by atoms with Crippen LogP contribution in [0.5, 0.6) is 0 Å². The van der Waals surface area contributed by atoms with E-state index in [9.17, 15) is 4.79 Å². The summed E-state index contributed by atoms with van der Waals surface area (Å²) in [4.78, 5) is 16.6. The summed E-state index contributed by atoms with van der Waals surface area (Å²) in [6, 6.07) is 7.94. The fourth-order valence-corrected chi connectivity index (χ4v) is 2.96. The summed E-state index contributed by atoms with van der Waals surface area (Å²) in [7, 11) is 0. The Morgan fingerprint density at radius 2 is 2.00 bits per heavy atom. The van der Waals surface area contributed by atoms with Crippen molar-refractivity contribution >= 4 is 32.6 Å². The van der Waals surface area contributed by atoms with Gasteiger partial charge in [-0.05, 0) is 31.9 Å². The van der Waals surface area contributed by atoms with Crippen LogP contribution < -0.4 is 10.6 Å². The monoisotopic (exact) mass is 291 g/mol. The van der Waals surface area contributed by atoms with Gasteiger partial charge in [0.1, 0.15) is 6.04 Å². The van der Waals surface area contributed by atoms with E-state index in [0.29, 0.717) is 0 Å². The Morgan fingerprint density at radius 3 is 2.65 bits per heavy atom. The number of benzene rings is 1. The standard InChI is InChI=1S/C15H21N3OS/c1-4-11(5-2)17-14(19)10(3)16-15-18-12-8-6-7-9-13(12)20-15/h6-11H,4-5H2,1-3H3,(H,16,18)(H,17,19)/t10-/m0/s1. The van der Waals surface area contributed by atoms with Crippen LogP contribution in [-0.4, -0.2) is 23.0 Å². The lowest BCUT2D eigenvalue weighted by atomic mass is 10.1. The normalized spacial score (nSPS) is 12.6. The molecule has 0 saturated heterocycles. The van der Waals surface area contributed by atoms with Gasteiger partial charge in [-0.2, -0.15) is 0 Å². The molecule has 0 aliphatic rings. The average Bonchev–Trinajstić information content (AvgIpc) is 2.86. The van der Waals surface area contributed by atoms with Gasteiger partial charge < -0.3 is 10.6 Å². The predicted molar refractivity (Wildman–Crippen MR) is 85.2 cm³/mol. The first-order valence-corrected chi connectivity index (χ1v) is 7.88. The van der Waals surface area contributed by atoms with Crippen LogP contribution in [0.3, 0.4) is 0 Å². The summed E-state index contributed by atoms with van der Waals surface area (Å²) in [5.74, 6) is 0.0259. The Kier molecular flexibility index (Phi) is 4.95. The largest absolute Gasteiger partial charge is 0.352 e. The number of amides is 1. The van der Waals surface area contributed by atoms with Crippen molar-refractivity contribution in [1.29, 1.82) is 0 Å². The third-order valence-corrected chi connectivity index (χ3v) is 4.33. The summed E-state index contributed by atoms with van der Waals surface area (Å²) in [5.41, 5.74) is 0.965. The summed E-state index contributed by atoms with van der Waals surface area (Å²) in [6.07, 6.45) is 1.91. The van der Waals surface area contributed by atoms with Gasteiger partial charge >= 0.3 is 0 Å². The maximum absolute atomic E-state index is 12.1. The minimum Gasteiger partial charge on any atom is -0.352 e. The van der Waals surface area contributed by atoms with Crippen LogP contribution >= 0.6 is 11.3 Å². The lowest BCUT2D eigenvalue weighted by Gasteiger charge is -2.18. The van der Waals surface area contributed by atoms with E-state index >= 15 is 0 Å². The minimum absolute atomic E-state index is 0.0259. The predicted octanol–water partition coefficient (Wildman–Crippen LogP) is 3.40. The molecular formula is C15H21N3OS. The molecule has 0 bridgehead atoms. The fraction of sp³-hybridized carbons (Fsp3) is 0.467. The van der Waals surface area contributed by atoms with Crippen LogP contribution in [0.1, 0.15) is 33.6 Å². The van der Waals surface area contributed by atoms with E-state index in [4.69, 9.17) is 0 Å².